The van der Waals surface area contributed by atoms with Crippen LogP contribution in [0, 0.1) is 17.2 Å². The van der Waals surface area contributed by atoms with Gasteiger partial charge in [0.15, 0.2) is 0 Å². The first-order valence-electron chi connectivity index (χ1n) is 7.72. The fourth-order valence-corrected chi connectivity index (χ4v) is 3.56. The fraction of sp³-hybridized carbons (Fsp3) is 0.611. The van der Waals surface area contributed by atoms with Gasteiger partial charge in [0.2, 0.25) is 11.8 Å². The monoisotopic (exact) mass is 317 g/mol. The van der Waals surface area contributed by atoms with Crippen molar-refractivity contribution in [3.8, 4) is 6.07 Å². The van der Waals surface area contributed by atoms with E-state index in [-0.39, 0.29) is 17.9 Å². The molecule has 0 saturated carbocycles. The van der Waals surface area contributed by atoms with Gasteiger partial charge in [-0.15, -0.1) is 0 Å². The molecule has 2 amide bonds. The second-order valence-corrected chi connectivity index (χ2v) is 7.56. The molecule has 126 valence electrons. The molecule has 0 aromatic heterocycles. The molecule has 5 heteroatoms. The zero-order valence-corrected chi connectivity index (χ0v) is 15.0. The first-order chi connectivity index (χ1) is 10.4. The molecule has 0 bridgehead atoms. The molecular weight excluding hydrogens is 290 g/mol. The normalized spacial score (nSPS) is 25.2. The highest BCUT2D eigenvalue weighted by atomic mass is 16.2. The number of nitriles is 1. The summed E-state index contributed by atoms with van der Waals surface area (Å²) in [6.45, 7) is 18.3. The highest BCUT2D eigenvalue weighted by molar-refractivity contribution is 5.94. The van der Waals surface area contributed by atoms with Crippen molar-refractivity contribution in [3.63, 3.8) is 0 Å². The summed E-state index contributed by atoms with van der Waals surface area (Å²) >= 11 is 0. The SMILES string of the molecule is C=C(C)C(=O)NC1CC(C)(C)N(C(=O)C(=C)C)C(C)(C)C1C#N. The summed E-state index contributed by atoms with van der Waals surface area (Å²) < 4.78 is 0. The minimum atomic E-state index is -0.737. The fourth-order valence-electron chi connectivity index (χ4n) is 3.56. The molecule has 0 aliphatic carbocycles. The number of amides is 2. The van der Waals surface area contributed by atoms with E-state index < -0.39 is 17.0 Å². The van der Waals surface area contributed by atoms with E-state index in [1.165, 1.54) is 0 Å². The second kappa shape index (κ2) is 6.19. The molecule has 1 N–H and O–H groups in total. The number of nitrogens with one attached hydrogen (secondary N) is 1. The Labute approximate surface area is 139 Å². The number of hydrogen-bond acceptors (Lipinski definition) is 3. The van der Waals surface area contributed by atoms with Crippen LogP contribution < -0.4 is 5.32 Å². The van der Waals surface area contributed by atoms with Crippen LogP contribution in [0.25, 0.3) is 0 Å². The molecule has 0 spiro atoms. The number of carbonyl (C=O) groups is 2. The van der Waals surface area contributed by atoms with Crippen molar-refractivity contribution in [1.82, 2.24) is 10.2 Å². The maximum atomic E-state index is 12.6. The van der Waals surface area contributed by atoms with Gasteiger partial charge in [-0.3, -0.25) is 9.59 Å². The van der Waals surface area contributed by atoms with E-state index in [1.807, 2.05) is 27.7 Å². The van der Waals surface area contributed by atoms with Crippen LogP contribution in [0.3, 0.4) is 0 Å². The standard InChI is InChI=1S/C18H27N3O2/c1-11(2)15(22)20-14-9-17(5,6)21(16(23)12(3)4)18(7,8)13(14)10-19/h13-14H,1,3,9H2,2,4-8H3,(H,20,22). The lowest BCUT2D eigenvalue weighted by Gasteiger charge is -2.57. The highest BCUT2D eigenvalue weighted by Crippen LogP contribution is 2.42. The van der Waals surface area contributed by atoms with Gasteiger partial charge in [0.05, 0.1) is 17.5 Å². The third-order valence-electron chi connectivity index (χ3n) is 4.48. The number of likely N-dealkylation sites (tertiary alicyclic amines) is 1. The van der Waals surface area contributed by atoms with Crippen molar-refractivity contribution < 1.29 is 9.59 Å². The largest absolute Gasteiger partial charge is 0.348 e. The Morgan fingerprint density at radius 1 is 1.17 bits per heavy atom. The summed E-state index contributed by atoms with van der Waals surface area (Å²) in [6, 6.07) is 1.94. The van der Waals surface area contributed by atoms with Gasteiger partial charge in [-0.25, -0.2) is 0 Å². The highest BCUT2D eigenvalue weighted by Gasteiger charge is 2.54. The quantitative estimate of drug-likeness (QED) is 0.813. The number of hydrogen-bond donors (Lipinski definition) is 1. The van der Waals surface area contributed by atoms with Crippen molar-refractivity contribution in [2.75, 3.05) is 0 Å². The van der Waals surface area contributed by atoms with Gasteiger partial charge < -0.3 is 10.2 Å². The van der Waals surface area contributed by atoms with Gasteiger partial charge in [0.1, 0.15) is 0 Å². The Hall–Kier alpha value is -2.09. The van der Waals surface area contributed by atoms with E-state index in [0.717, 1.165) is 0 Å². The summed E-state index contributed by atoms with van der Waals surface area (Å²) in [4.78, 5) is 26.4. The van der Waals surface area contributed by atoms with Crippen LogP contribution in [-0.4, -0.2) is 33.8 Å². The molecule has 23 heavy (non-hydrogen) atoms. The Morgan fingerprint density at radius 2 is 1.70 bits per heavy atom. The zero-order chi connectivity index (χ0) is 18.2. The smallest absolute Gasteiger partial charge is 0.249 e. The molecule has 2 unspecified atom stereocenters. The predicted molar refractivity (Wildman–Crippen MR) is 90.3 cm³/mol. The third kappa shape index (κ3) is 3.47. The van der Waals surface area contributed by atoms with E-state index in [9.17, 15) is 14.9 Å². The van der Waals surface area contributed by atoms with Crippen LogP contribution in [-0.2, 0) is 9.59 Å². The van der Waals surface area contributed by atoms with Gasteiger partial charge in [-0.1, -0.05) is 13.2 Å². The maximum Gasteiger partial charge on any atom is 0.249 e. The lowest BCUT2D eigenvalue weighted by atomic mass is 9.69. The Balaban J connectivity index is 3.30. The number of nitrogens with zero attached hydrogens (tertiary/aromatic N) is 2. The third-order valence-corrected chi connectivity index (χ3v) is 4.48. The van der Waals surface area contributed by atoms with Crippen LogP contribution in [0.2, 0.25) is 0 Å². The summed E-state index contributed by atoms with van der Waals surface area (Å²) in [5, 5.41) is 12.6. The molecule has 0 aromatic rings. The summed E-state index contributed by atoms with van der Waals surface area (Å²) in [5.74, 6) is -0.950. The van der Waals surface area contributed by atoms with Crippen LogP contribution in [0.15, 0.2) is 24.3 Å². The molecule has 0 radical (unpaired) electrons. The molecular formula is C18H27N3O2. The van der Waals surface area contributed by atoms with Crippen molar-refractivity contribution in [3.05, 3.63) is 24.3 Å². The van der Waals surface area contributed by atoms with Gasteiger partial charge in [0.25, 0.3) is 0 Å². The first-order valence-corrected chi connectivity index (χ1v) is 7.72. The lowest BCUT2D eigenvalue weighted by Crippen LogP contribution is -2.70. The number of carbonyl (C=O) groups excluding carboxylic acids is 2. The average Bonchev–Trinajstić information content (AvgIpc) is 2.36. The maximum absolute atomic E-state index is 12.6. The van der Waals surface area contributed by atoms with E-state index in [2.05, 4.69) is 24.5 Å². The first kappa shape index (κ1) is 19.0. The van der Waals surface area contributed by atoms with E-state index in [1.54, 1.807) is 18.7 Å². The van der Waals surface area contributed by atoms with Crippen LogP contribution in [0.1, 0.15) is 48.0 Å². The lowest BCUT2D eigenvalue weighted by molar-refractivity contribution is -0.149. The van der Waals surface area contributed by atoms with Gasteiger partial charge in [0, 0.05) is 22.7 Å². The van der Waals surface area contributed by atoms with Gasteiger partial charge in [-0.2, -0.15) is 5.26 Å². The van der Waals surface area contributed by atoms with Crippen LogP contribution in [0.5, 0.6) is 0 Å². The predicted octanol–water partition coefficient (Wildman–Crippen LogP) is 2.55. The van der Waals surface area contributed by atoms with Crippen molar-refractivity contribution in [1.29, 1.82) is 5.26 Å². The van der Waals surface area contributed by atoms with Crippen molar-refractivity contribution in [2.24, 2.45) is 5.92 Å². The van der Waals surface area contributed by atoms with Crippen molar-refractivity contribution in [2.45, 2.75) is 65.1 Å². The number of rotatable bonds is 3. The Morgan fingerprint density at radius 3 is 2.09 bits per heavy atom. The van der Waals surface area contributed by atoms with Crippen LogP contribution in [0.4, 0.5) is 0 Å². The van der Waals surface area contributed by atoms with Gasteiger partial charge >= 0.3 is 0 Å². The Kier molecular flexibility index (Phi) is 5.10. The topological polar surface area (TPSA) is 73.2 Å². The minimum absolute atomic E-state index is 0.162. The van der Waals surface area contributed by atoms with E-state index in [4.69, 9.17) is 0 Å². The van der Waals surface area contributed by atoms with E-state index in [0.29, 0.717) is 17.6 Å². The number of piperidine rings is 1. The van der Waals surface area contributed by atoms with E-state index >= 15 is 0 Å². The summed E-state index contributed by atoms with van der Waals surface area (Å²) in [6.07, 6.45) is 0.493. The summed E-state index contributed by atoms with van der Waals surface area (Å²) in [5.41, 5.74) is -0.413. The van der Waals surface area contributed by atoms with Crippen molar-refractivity contribution >= 4 is 11.8 Å². The van der Waals surface area contributed by atoms with Gasteiger partial charge in [-0.05, 0) is 48.0 Å². The molecule has 1 aliphatic heterocycles. The summed E-state index contributed by atoms with van der Waals surface area (Å²) in [7, 11) is 0. The molecule has 1 fully saturated rings. The molecule has 1 rings (SSSR count). The average molecular weight is 317 g/mol. The molecule has 5 nitrogen and oxygen atoms in total. The molecule has 1 saturated heterocycles. The molecule has 1 aliphatic rings. The second-order valence-electron chi connectivity index (χ2n) is 7.56. The molecule has 2 atom stereocenters. The zero-order valence-electron chi connectivity index (χ0n) is 15.0. The Bertz CT molecular complexity index is 596. The van der Waals surface area contributed by atoms with Crippen LogP contribution >= 0.6 is 0 Å². The molecule has 0 aromatic carbocycles. The minimum Gasteiger partial charge on any atom is -0.348 e. The molecule has 1 heterocycles.